The second-order valence-corrected chi connectivity index (χ2v) is 5.36. The first kappa shape index (κ1) is 17.6. The number of rotatable bonds is 8. The maximum Gasteiger partial charge on any atom is 0.247 e. The van der Waals surface area contributed by atoms with Crippen LogP contribution in [-0.2, 0) is 19.8 Å². The van der Waals surface area contributed by atoms with Crippen molar-refractivity contribution in [2.45, 2.75) is 25.4 Å². The van der Waals surface area contributed by atoms with Gasteiger partial charge in [-0.2, -0.15) is 0 Å². The van der Waals surface area contributed by atoms with Crippen molar-refractivity contribution in [3.8, 4) is 0 Å². The monoisotopic (exact) mass is 294 g/mol. The van der Waals surface area contributed by atoms with Gasteiger partial charge in [0.05, 0.1) is 19.3 Å². The number of methoxy groups -OCH3 is 2. The Labute approximate surface area is 127 Å². The molecule has 5 heteroatoms. The summed E-state index contributed by atoms with van der Waals surface area (Å²) < 4.78 is 10.3. The summed E-state index contributed by atoms with van der Waals surface area (Å²) in [4.78, 5) is 14.6. The minimum atomic E-state index is -1.07. The molecule has 0 heterocycles. The fourth-order valence-electron chi connectivity index (χ4n) is 2.25. The van der Waals surface area contributed by atoms with Crippen LogP contribution in [0.25, 0.3) is 0 Å². The molecule has 0 saturated heterocycles. The number of ether oxygens (including phenoxy) is 2. The van der Waals surface area contributed by atoms with Gasteiger partial charge in [0.2, 0.25) is 5.91 Å². The van der Waals surface area contributed by atoms with Crippen LogP contribution in [0.2, 0.25) is 0 Å². The normalized spacial score (nSPS) is 15.3. The van der Waals surface area contributed by atoms with Crippen LogP contribution in [0.3, 0.4) is 0 Å². The minimum Gasteiger partial charge on any atom is -0.383 e. The first-order valence-corrected chi connectivity index (χ1v) is 7.08. The molecule has 2 unspecified atom stereocenters. The molecule has 2 N–H and O–H groups in total. The molecule has 0 fully saturated rings. The van der Waals surface area contributed by atoms with E-state index in [1.165, 1.54) is 0 Å². The Bertz CT molecular complexity index is 434. The Morgan fingerprint density at radius 3 is 2.43 bits per heavy atom. The standard InChI is InChI=1S/C16H26N2O3/c1-13(12-21-4)18(10-11-20-3)15(19)16(2,17)14-8-6-5-7-9-14/h5-9,13H,10-12,17H2,1-4H3. The lowest BCUT2D eigenvalue weighted by Gasteiger charge is -2.35. The van der Waals surface area contributed by atoms with E-state index in [9.17, 15) is 4.79 Å². The van der Waals surface area contributed by atoms with Crippen molar-refractivity contribution in [1.82, 2.24) is 4.90 Å². The van der Waals surface area contributed by atoms with Crippen LogP contribution in [0.15, 0.2) is 30.3 Å². The summed E-state index contributed by atoms with van der Waals surface area (Å²) >= 11 is 0. The third-order valence-corrected chi connectivity index (χ3v) is 3.55. The summed E-state index contributed by atoms with van der Waals surface area (Å²) in [7, 11) is 3.23. The number of carbonyl (C=O) groups is 1. The second kappa shape index (κ2) is 8.12. The average Bonchev–Trinajstić information content (AvgIpc) is 2.48. The van der Waals surface area contributed by atoms with Gasteiger partial charge >= 0.3 is 0 Å². The van der Waals surface area contributed by atoms with Crippen LogP contribution in [0, 0.1) is 0 Å². The first-order valence-electron chi connectivity index (χ1n) is 7.08. The Morgan fingerprint density at radius 2 is 1.90 bits per heavy atom. The third kappa shape index (κ3) is 4.52. The molecule has 1 aromatic carbocycles. The molecule has 1 amide bonds. The Kier molecular flexibility index (Phi) is 6.81. The molecule has 118 valence electrons. The molecule has 0 spiro atoms. The molecule has 5 nitrogen and oxygen atoms in total. The van der Waals surface area contributed by atoms with Gasteiger partial charge in [-0.15, -0.1) is 0 Å². The summed E-state index contributed by atoms with van der Waals surface area (Å²) in [6.07, 6.45) is 0. The van der Waals surface area contributed by atoms with Crippen LogP contribution in [0.5, 0.6) is 0 Å². The lowest BCUT2D eigenvalue weighted by molar-refractivity contribution is -0.140. The Hall–Kier alpha value is -1.43. The van der Waals surface area contributed by atoms with Crippen LogP contribution < -0.4 is 5.73 Å². The van der Waals surface area contributed by atoms with E-state index in [2.05, 4.69) is 0 Å². The number of hydrogen-bond donors (Lipinski definition) is 1. The van der Waals surface area contributed by atoms with Crippen molar-refractivity contribution in [1.29, 1.82) is 0 Å². The van der Waals surface area contributed by atoms with Crippen LogP contribution >= 0.6 is 0 Å². The summed E-state index contributed by atoms with van der Waals surface area (Å²) in [6.45, 7) is 5.09. The SMILES string of the molecule is COCCN(C(=O)C(C)(N)c1ccccc1)C(C)COC. The molecule has 0 aliphatic rings. The van der Waals surface area contributed by atoms with Crippen molar-refractivity contribution in [3.63, 3.8) is 0 Å². The Morgan fingerprint density at radius 1 is 1.29 bits per heavy atom. The lowest BCUT2D eigenvalue weighted by Crippen LogP contribution is -2.55. The highest BCUT2D eigenvalue weighted by Crippen LogP contribution is 2.21. The van der Waals surface area contributed by atoms with Gasteiger partial charge in [-0.25, -0.2) is 0 Å². The zero-order valence-corrected chi connectivity index (χ0v) is 13.3. The molecule has 0 aromatic heterocycles. The zero-order chi connectivity index (χ0) is 15.9. The van der Waals surface area contributed by atoms with Gasteiger partial charge in [-0.05, 0) is 19.4 Å². The highest BCUT2D eigenvalue weighted by molar-refractivity contribution is 5.87. The van der Waals surface area contributed by atoms with Crippen LogP contribution in [0.4, 0.5) is 0 Å². The molecular weight excluding hydrogens is 268 g/mol. The van der Waals surface area contributed by atoms with E-state index in [1.54, 1.807) is 26.0 Å². The highest BCUT2D eigenvalue weighted by Gasteiger charge is 2.36. The molecule has 0 aliphatic carbocycles. The molecule has 21 heavy (non-hydrogen) atoms. The predicted molar refractivity (Wildman–Crippen MR) is 82.9 cm³/mol. The van der Waals surface area contributed by atoms with Gasteiger partial charge < -0.3 is 20.1 Å². The quantitative estimate of drug-likeness (QED) is 0.786. The van der Waals surface area contributed by atoms with Crippen molar-refractivity contribution < 1.29 is 14.3 Å². The number of amides is 1. The van der Waals surface area contributed by atoms with E-state index >= 15 is 0 Å². The Balaban J connectivity index is 2.97. The van der Waals surface area contributed by atoms with Gasteiger partial charge in [-0.3, -0.25) is 4.79 Å². The van der Waals surface area contributed by atoms with E-state index in [0.717, 1.165) is 5.56 Å². The van der Waals surface area contributed by atoms with Crippen LogP contribution in [-0.4, -0.2) is 50.8 Å². The zero-order valence-electron chi connectivity index (χ0n) is 13.3. The fraction of sp³-hybridized carbons (Fsp3) is 0.562. The molecule has 0 saturated carbocycles. The summed E-state index contributed by atoms with van der Waals surface area (Å²) in [5, 5.41) is 0. The molecule has 0 radical (unpaired) electrons. The molecule has 1 aromatic rings. The van der Waals surface area contributed by atoms with E-state index < -0.39 is 5.54 Å². The largest absolute Gasteiger partial charge is 0.383 e. The number of nitrogens with two attached hydrogens (primary N) is 1. The third-order valence-electron chi connectivity index (χ3n) is 3.55. The maximum atomic E-state index is 12.9. The van der Waals surface area contributed by atoms with Crippen LogP contribution in [0.1, 0.15) is 19.4 Å². The smallest absolute Gasteiger partial charge is 0.247 e. The number of hydrogen-bond acceptors (Lipinski definition) is 4. The fourth-order valence-corrected chi connectivity index (χ4v) is 2.25. The maximum absolute atomic E-state index is 12.9. The second-order valence-electron chi connectivity index (χ2n) is 5.36. The van der Waals surface area contributed by atoms with E-state index in [0.29, 0.717) is 19.8 Å². The molecule has 2 atom stereocenters. The van der Waals surface area contributed by atoms with E-state index in [4.69, 9.17) is 15.2 Å². The van der Waals surface area contributed by atoms with Crippen molar-refractivity contribution >= 4 is 5.91 Å². The summed E-state index contributed by atoms with van der Waals surface area (Å²) in [5.74, 6) is -0.129. The van der Waals surface area contributed by atoms with Crippen molar-refractivity contribution in [3.05, 3.63) is 35.9 Å². The van der Waals surface area contributed by atoms with Gasteiger partial charge in [0.15, 0.2) is 0 Å². The van der Waals surface area contributed by atoms with Gasteiger partial charge in [0, 0.05) is 20.8 Å². The minimum absolute atomic E-state index is 0.0655. The van der Waals surface area contributed by atoms with Gasteiger partial charge in [-0.1, -0.05) is 30.3 Å². The van der Waals surface area contributed by atoms with Crippen molar-refractivity contribution in [2.75, 3.05) is 34.0 Å². The molecular formula is C16H26N2O3. The van der Waals surface area contributed by atoms with E-state index in [-0.39, 0.29) is 11.9 Å². The number of benzene rings is 1. The average molecular weight is 294 g/mol. The summed E-state index contributed by atoms with van der Waals surface area (Å²) in [6, 6.07) is 9.34. The van der Waals surface area contributed by atoms with Crippen molar-refractivity contribution in [2.24, 2.45) is 5.73 Å². The van der Waals surface area contributed by atoms with Gasteiger partial charge in [0.25, 0.3) is 0 Å². The highest BCUT2D eigenvalue weighted by atomic mass is 16.5. The number of nitrogens with zero attached hydrogens (tertiary/aromatic N) is 1. The summed E-state index contributed by atoms with van der Waals surface area (Å²) in [5.41, 5.74) is 6.04. The predicted octanol–water partition coefficient (Wildman–Crippen LogP) is 1.37. The molecule has 0 aliphatic heterocycles. The molecule has 0 bridgehead atoms. The van der Waals surface area contributed by atoms with Gasteiger partial charge in [0.1, 0.15) is 5.54 Å². The molecule has 1 rings (SSSR count). The number of carbonyl (C=O) groups excluding carboxylic acids is 1. The topological polar surface area (TPSA) is 64.8 Å². The lowest BCUT2D eigenvalue weighted by atomic mass is 9.91. The van der Waals surface area contributed by atoms with E-state index in [1.807, 2.05) is 37.3 Å². The first-order chi connectivity index (χ1) is 9.95.